The smallest absolute Gasteiger partial charge is 0.303 e. The first-order valence-electron chi connectivity index (χ1n) is 6.47. The molecule has 112 valence electrons. The quantitative estimate of drug-likeness (QED) is 0.713. The van der Waals surface area contributed by atoms with Crippen LogP contribution in [-0.2, 0) is 19.1 Å². The molecule has 0 bridgehead atoms. The first-order valence-corrected chi connectivity index (χ1v) is 6.47. The van der Waals surface area contributed by atoms with Crippen molar-refractivity contribution in [3.63, 3.8) is 0 Å². The van der Waals surface area contributed by atoms with Crippen LogP contribution >= 0.6 is 0 Å². The number of carbonyl (C=O) groups is 3. The number of carbonyl (C=O) groups excluding carboxylic acids is 2. The number of carboxylic acid groups (broad SMARTS) is 1. The van der Waals surface area contributed by atoms with Crippen LogP contribution in [0.3, 0.4) is 0 Å². The van der Waals surface area contributed by atoms with Crippen molar-refractivity contribution in [1.29, 1.82) is 0 Å². The van der Waals surface area contributed by atoms with Gasteiger partial charge in [-0.3, -0.25) is 19.3 Å². The van der Waals surface area contributed by atoms with Crippen molar-refractivity contribution in [1.82, 2.24) is 4.90 Å². The molecule has 0 aromatic carbocycles. The molecule has 1 aliphatic rings. The number of ether oxygens (including phenoxy) is 1. The summed E-state index contributed by atoms with van der Waals surface area (Å²) in [6.45, 7) is 7.21. The Morgan fingerprint density at radius 1 is 1.20 bits per heavy atom. The molecule has 0 saturated heterocycles. The normalized spacial score (nSPS) is 16.1. The number of rotatable bonds is 7. The Hall–Kier alpha value is -1.69. The van der Waals surface area contributed by atoms with Crippen molar-refractivity contribution >= 4 is 17.8 Å². The average molecular weight is 283 g/mol. The largest absolute Gasteiger partial charge is 0.481 e. The summed E-state index contributed by atoms with van der Waals surface area (Å²) in [7, 11) is 0. The number of carboxylic acids is 1. The molecule has 0 aromatic heterocycles. The van der Waals surface area contributed by atoms with Crippen molar-refractivity contribution in [2.75, 3.05) is 6.61 Å². The van der Waals surface area contributed by atoms with Gasteiger partial charge in [0, 0.05) is 18.6 Å². The maximum Gasteiger partial charge on any atom is 0.303 e. The van der Waals surface area contributed by atoms with E-state index in [0.29, 0.717) is 6.42 Å². The SMILES string of the molecule is CC(C)(CCC(=O)O)OCC(C)(C)N1C(=O)C=CC1=O. The zero-order chi connectivity index (χ0) is 15.6. The number of nitrogens with zero attached hydrogens (tertiary/aromatic N) is 1. The van der Waals surface area contributed by atoms with Gasteiger partial charge in [0.25, 0.3) is 11.8 Å². The molecule has 0 fully saturated rings. The number of hydrogen-bond acceptors (Lipinski definition) is 4. The molecule has 6 nitrogen and oxygen atoms in total. The molecule has 0 radical (unpaired) electrons. The minimum atomic E-state index is -0.880. The lowest BCUT2D eigenvalue weighted by atomic mass is 10.0. The van der Waals surface area contributed by atoms with E-state index in [2.05, 4.69) is 0 Å². The molecule has 6 heteroatoms. The van der Waals surface area contributed by atoms with Gasteiger partial charge in [-0.2, -0.15) is 0 Å². The van der Waals surface area contributed by atoms with E-state index >= 15 is 0 Å². The second-order valence-corrected chi connectivity index (χ2v) is 6.10. The Labute approximate surface area is 118 Å². The molecule has 0 atom stereocenters. The topological polar surface area (TPSA) is 83.9 Å². The standard InChI is InChI=1S/C14H21NO5/c1-13(2,15-10(16)5-6-11(15)17)9-20-14(3,4)8-7-12(18)19/h5-6H,7-9H2,1-4H3,(H,18,19). The first-order chi connectivity index (χ1) is 9.05. The Morgan fingerprint density at radius 2 is 1.70 bits per heavy atom. The van der Waals surface area contributed by atoms with Gasteiger partial charge in [-0.15, -0.1) is 0 Å². The molecule has 2 amide bonds. The summed E-state index contributed by atoms with van der Waals surface area (Å²) in [5.74, 6) is -1.59. The zero-order valence-electron chi connectivity index (χ0n) is 12.3. The van der Waals surface area contributed by atoms with Gasteiger partial charge in [0.1, 0.15) is 0 Å². The average Bonchev–Trinajstić information content (AvgIpc) is 2.65. The van der Waals surface area contributed by atoms with Gasteiger partial charge in [-0.1, -0.05) is 0 Å². The van der Waals surface area contributed by atoms with E-state index in [0.717, 1.165) is 4.90 Å². The van der Waals surface area contributed by atoms with Crippen molar-refractivity contribution in [3.8, 4) is 0 Å². The van der Waals surface area contributed by atoms with Crippen LogP contribution in [0.2, 0.25) is 0 Å². The number of hydrogen-bond donors (Lipinski definition) is 1. The molecule has 1 rings (SSSR count). The molecule has 0 aliphatic carbocycles. The summed E-state index contributed by atoms with van der Waals surface area (Å²) < 4.78 is 5.72. The maximum atomic E-state index is 11.7. The Morgan fingerprint density at radius 3 is 2.15 bits per heavy atom. The highest BCUT2D eigenvalue weighted by Gasteiger charge is 2.38. The number of imide groups is 1. The summed E-state index contributed by atoms with van der Waals surface area (Å²) in [4.78, 5) is 35.0. The maximum absolute atomic E-state index is 11.7. The van der Waals surface area contributed by atoms with Crippen LogP contribution in [0.25, 0.3) is 0 Å². The van der Waals surface area contributed by atoms with Crippen LogP contribution in [0.4, 0.5) is 0 Å². The lowest BCUT2D eigenvalue weighted by Crippen LogP contribution is -2.52. The zero-order valence-corrected chi connectivity index (χ0v) is 12.3. The molecule has 0 spiro atoms. The van der Waals surface area contributed by atoms with Crippen LogP contribution in [0.15, 0.2) is 12.2 Å². The molecule has 1 N–H and O–H groups in total. The van der Waals surface area contributed by atoms with E-state index in [1.165, 1.54) is 12.2 Å². The van der Waals surface area contributed by atoms with E-state index in [9.17, 15) is 14.4 Å². The monoisotopic (exact) mass is 283 g/mol. The summed E-state index contributed by atoms with van der Waals surface area (Å²) in [5.41, 5.74) is -1.41. The van der Waals surface area contributed by atoms with E-state index in [-0.39, 0.29) is 24.8 Å². The molecule has 20 heavy (non-hydrogen) atoms. The minimum absolute atomic E-state index is 0.0105. The number of amides is 2. The number of aliphatic carboxylic acids is 1. The van der Waals surface area contributed by atoms with E-state index in [1.807, 2.05) is 0 Å². The van der Waals surface area contributed by atoms with Gasteiger partial charge in [-0.25, -0.2) is 0 Å². The molecular formula is C14H21NO5. The van der Waals surface area contributed by atoms with Crippen molar-refractivity contribution in [2.24, 2.45) is 0 Å². The summed E-state index contributed by atoms with van der Waals surface area (Å²) in [5, 5.41) is 8.69. The summed E-state index contributed by atoms with van der Waals surface area (Å²) in [6.07, 6.45) is 2.84. The van der Waals surface area contributed by atoms with Gasteiger partial charge in [0.05, 0.1) is 17.7 Å². The third-order valence-electron chi connectivity index (χ3n) is 3.17. The van der Waals surface area contributed by atoms with Crippen LogP contribution in [0.1, 0.15) is 40.5 Å². The fraction of sp³-hybridized carbons (Fsp3) is 0.643. The van der Waals surface area contributed by atoms with Crippen molar-refractivity contribution < 1.29 is 24.2 Å². The van der Waals surface area contributed by atoms with Crippen LogP contribution in [-0.4, -0.2) is 45.5 Å². The highest BCUT2D eigenvalue weighted by Crippen LogP contribution is 2.24. The molecule has 0 unspecified atom stereocenters. The Bertz CT molecular complexity index is 432. The third kappa shape index (κ3) is 4.16. The summed E-state index contributed by atoms with van der Waals surface area (Å²) in [6, 6.07) is 0. The highest BCUT2D eigenvalue weighted by atomic mass is 16.5. The highest BCUT2D eigenvalue weighted by molar-refractivity contribution is 6.13. The van der Waals surface area contributed by atoms with E-state index < -0.39 is 17.1 Å². The predicted molar refractivity (Wildman–Crippen MR) is 72.0 cm³/mol. The Kier molecular flexibility index (Phi) is 4.70. The van der Waals surface area contributed by atoms with Gasteiger partial charge >= 0.3 is 5.97 Å². The van der Waals surface area contributed by atoms with Crippen LogP contribution in [0, 0.1) is 0 Å². The van der Waals surface area contributed by atoms with Crippen LogP contribution in [0.5, 0.6) is 0 Å². The van der Waals surface area contributed by atoms with Crippen molar-refractivity contribution in [3.05, 3.63) is 12.2 Å². The minimum Gasteiger partial charge on any atom is -0.481 e. The lowest BCUT2D eigenvalue weighted by molar-refractivity contribution is -0.149. The van der Waals surface area contributed by atoms with Gasteiger partial charge in [-0.05, 0) is 34.1 Å². The van der Waals surface area contributed by atoms with Gasteiger partial charge < -0.3 is 9.84 Å². The predicted octanol–water partition coefficient (Wildman–Crippen LogP) is 1.35. The van der Waals surface area contributed by atoms with Gasteiger partial charge in [0.15, 0.2) is 0 Å². The van der Waals surface area contributed by atoms with Gasteiger partial charge in [0.2, 0.25) is 0 Å². The lowest BCUT2D eigenvalue weighted by Gasteiger charge is -2.37. The van der Waals surface area contributed by atoms with E-state index in [4.69, 9.17) is 9.84 Å². The fourth-order valence-corrected chi connectivity index (χ4v) is 1.91. The first kappa shape index (κ1) is 16.4. The fourth-order valence-electron chi connectivity index (χ4n) is 1.91. The molecule has 1 aliphatic heterocycles. The van der Waals surface area contributed by atoms with Crippen molar-refractivity contribution in [2.45, 2.75) is 51.7 Å². The molecule has 0 aromatic rings. The van der Waals surface area contributed by atoms with E-state index in [1.54, 1.807) is 27.7 Å². The third-order valence-corrected chi connectivity index (χ3v) is 3.17. The second-order valence-electron chi connectivity index (χ2n) is 6.10. The molecule has 1 heterocycles. The van der Waals surface area contributed by atoms with Crippen LogP contribution < -0.4 is 0 Å². The summed E-state index contributed by atoms with van der Waals surface area (Å²) >= 11 is 0. The molecule has 0 saturated carbocycles. The molecular weight excluding hydrogens is 262 g/mol. The second kappa shape index (κ2) is 5.75. The Balaban J connectivity index is 2.61.